The predicted octanol–water partition coefficient (Wildman–Crippen LogP) is 4.59. The number of rotatable bonds is 3. The van der Waals surface area contributed by atoms with E-state index in [9.17, 15) is 4.79 Å². The lowest BCUT2D eigenvalue weighted by Crippen LogP contribution is -2.53. The van der Waals surface area contributed by atoms with Crippen LogP contribution in [-0.2, 0) is 11.3 Å². The highest BCUT2D eigenvalue weighted by Gasteiger charge is 2.45. The van der Waals surface area contributed by atoms with Gasteiger partial charge in [0.2, 0.25) is 5.91 Å². The molecular formula is C25H30N4O. The number of anilines is 1. The number of hydrogen-bond donors (Lipinski definition) is 1. The van der Waals surface area contributed by atoms with Gasteiger partial charge in [-0.15, -0.1) is 0 Å². The van der Waals surface area contributed by atoms with Crippen LogP contribution < -0.4 is 4.90 Å². The number of likely N-dealkylation sites (tertiary alicyclic amines) is 1. The first-order chi connectivity index (χ1) is 14.5. The molecule has 0 unspecified atom stereocenters. The molecule has 1 aromatic carbocycles. The summed E-state index contributed by atoms with van der Waals surface area (Å²) in [6.45, 7) is 7.55. The third-order valence-corrected chi connectivity index (χ3v) is 7.01. The lowest BCUT2D eigenvalue weighted by atomic mass is 9.71. The van der Waals surface area contributed by atoms with Crippen LogP contribution in [0.4, 0.5) is 5.69 Å². The van der Waals surface area contributed by atoms with E-state index in [-0.39, 0.29) is 5.41 Å². The average molecular weight is 403 g/mol. The molecule has 0 atom stereocenters. The van der Waals surface area contributed by atoms with Crippen molar-refractivity contribution in [2.75, 3.05) is 24.5 Å². The van der Waals surface area contributed by atoms with E-state index in [0.29, 0.717) is 12.5 Å². The van der Waals surface area contributed by atoms with Gasteiger partial charge in [0.25, 0.3) is 0 Å². The number of H-pyrrole nitrogens is 1. The molecule has 2 aliphatic heterocycles. The number of aryl methyl sites for hydroxylation is 2. The van der Waals surface area contributed by atoms with Crippen LogP contribution in [0.3, 0.4) is 0 Å². The Morgan fingerprint density at radius 2 is 1.77 bits per heavy atom. The second-order valence-corrected chi connectivity index (χ2v) is 9.07. The number of para-hydroxylation sites is 1. The van der Waals surface area contributed by atoms with E-state index < -0.39 is 0 Å². The Labute approximate surface area is 178 Å². The molecule has 1 spiro atoms. The largest absolute Gasteiger partial charge is 0.371 e. The van der Waals surface area contributed by atoms with Crippen molar-refractivity contribution in [3.63, 3.8) is 0 Å². The maximum absolute atomic E-state index is 13.6. The Balaban J connectivity index is 1.31. The number of carbonyl (C=O) groups is 1. The third-order valence-electron chi connectivity index (χ3n) is 7.01. The van der Waals surface area contributed by atoms with Crippen LogP contribution in [0.15, 0.2) is 42.6 Å². The van der Waals surface area contributed by atoms with Gasteiger partial charge in [-0.05, 0) is 63.3 Å². The molecule has 156 valence electrons. The highest BCUT2D eigenvalue weighted by Crippen LogP contribution is 2.42. The highest BCUT2D eigenvalue weighted by molar-refractivity contribution is 5.86. The van der Waals surface area contributed by atoms with Crippen molar-refractivity contribution in [3.8, 4) is 0 Å². The van der Waals surface area contributed by atoms with Crippen molar-refractivity contribution in [1.29, 1.82) is 0 Å². The molecule has 5 rings (SSSR count). The number of piperidine rings is 2. The molecule has 5 nitrogen and oxygen atoms in total. The molecule has 0 bridgehead atoms. The van der Waals surface area contributed by atoms with E-state index >= 15 is 0 Å². The van der Waals surface area contributed by atoms with Crippen molar-refractivity contribution in [2.45, 2.75) is 46.1 Å². The van der Waals surface area contributed by atoms with E-state index in [1.165, 1.54) is 16.6 Å². The van der Waals surface area contributed by atoms with Crippen LogP contribution in [0.5, 0.6) is 0 Å². The Morgan fingerprint density at radius 3 is 2.53 bits per heavy atom. The summed E-state index contributed by atoms with van der Waals surface area (Å²) in [4.78, 5) is 26.0. The van der Waals surface area contributed by atoms with E-state index in [2.05, 4.69) is 70.1 Å². The number of pyridine rings is 1. The number of aromatic amines is 1. The molecule has 0 saturated carbocycles. The van der Waals surface area contributed by atoms with Crippen LogP contribution in [0.1, 0.15) is 42.6 Å². The van der Waals surface area contributed by atoms with Crippen molar-refractivity contribution >= 4 is 22.5 Å². The van der Waals surface area contributed by atoms with E-state index in [1.54, 1.807) is 0 Å². The maximum atomic E-state index is 13.6. The van der Waals surface area contributed by atoms with Gasteiger partial charge in [-0.3, -0.25) is 9.78 Å². The monoisotopic (exact) mass is 402 g/mol. The second kappa shape index (κ2) is 7.46. The van der Waals surface area contributed by atoms with Crippen LogP contribution in [0.2, 0.25) is 0 Å². The number of benzene rings is 1. The first kappa shape index (κ1) is 19.2. The predicted molar refractivity (Wildman–Crippen MR) is 121 cm³/mol. The van der Waals surface area contributed by atoms with Crippen molar-refractivity contribution < 1.29 is 4.79 Å². The Morgan fingerprint density at radius 1 is 1.03 bits per heavy atom. The van der Waals surface area contributed by atoms with Crippen LogP contribution >= 0.6 is 0 Å². The molecular weight excluding hydrogens is 372 g/mol. The van der Waals surface area contributed by atoms with E-state index in [0.717, 1.165) is 62.2 Å². The molecule has 0 aliphatic carbocycles. The van der Waals surface area contributed by atoms with Gasteiger partial charge < -0.3 is 14.8 Å². The Kier molecular flexibility index (Phi) is 4.76. The smallest absolute Gasteiger partial charge is 0.229 e. The summed E-state index contributed by atoms with van der Waals surface area (Å²) >= 11 is 0. The Bertz CT molecular complexity index is 1060. The standard InChI is InChI=1S/C25H30N4O/c1-18-14-21(15-19(2)27-18)28-12-9-25(10-13-28)8-5-11-29(24(25)30)17-20-16-26-23-7-4-3-6-22(20)23/h3-4,6-7,14-16,26H,5,8-13,17H2,1-2H3. The fourth-order valence-corrected chi connectivity index (χ4v) is 5.42. The average Bonchev–Trinajstić information content (AvgIpc) is 3.14. The highest BCUT2D eigenvalue weighted by atomic mass is 16.2. The molecule has 2 saturated heterocycles. The molecule has 2 aromatic heterocycles. The van der Waals surface area contributed by atoms with Gasteiger partial charge in [0.05, 0.1) is 5.41 Å². The molecule has 1 amide bonds. The number of nitrogens with one attached hydrogen (secondary N) is 1. The summed E-state index contributed by atoms with van der Waals surface area (Å²) in [7, 11) is 0. The topological polar surface area (TPSA) is 52.2 Å². The minimum Gasteiger partial charge on any atom is -0.371 e. The van der Waals surface area contributed by atoms with Crippen LogP contribution in [0.25, 0.3) is 10.9 Å². The minimum atomic E-state index is -0.183. The first-order valence-corrected chi connectivity index (χ1v) is 11.1. The normalized spacial score (nSPS) is 19.1. The zero-order chi connectivity index (χ0) is 20.7. The van der Waals surface area contributed by atoms with E-state index in [4.69, 9.17) is 0 Å². The zero-order valence-corrected chi connectivity index (χ0v) is 17.9. The van der Waals surface area contributed by atoms with Crippen LogP contribution in [0, 0.1) is 19.3 Å². The number of aromatic nitrogens is 2. The maximum Gasteiger partial charge on any atom is 0.229 e. The molecule has 1 N–H and O–H groups in total. The summed E-state index contributed by atoms with van der Waals surface area (Å²) in [5.41, 5.74) is 5.54. The summed E-state index contributed by atoms with van der Waals surface area (Å²) in [5, 5.41) is 1.23. The molecule has 2 fully saturated rings. The summed E-state index contributed by atoms with van der Waals surface area (Å²) in [6, 6.07) is 12.7. The number of amides is 1. The second-order valence-electron chi connectivity index (χ2n) is 9.07. The number of hydrogen-bond acceptors (Lipinski definition) is 3. The van der Waals surface area contributed by atoms with Gasteiger partial charge in [-0.1, -0.05) is 18.2 Å². The van der Waals surface area contributed by atoms with Crippen molar-refractivity contribution in [3.05, 3.63) is 59.5 Å². The van der Waals surface area contributed by atoms with Gasteiger partial charge in [0.15, 0.2) is 0 Å². The fraction of sp³-hybridized carbons (Fsp3) is 0.440. The molecule has 30 heavy (non-hydrogen) atoms. The zero-order valence-electron chi connectivity index (χ0n) is 17.9. The van der Waals surface area contributed by atoms with Gasteiger partial charge in [-0.25, -0.2) is 0 Å². The fourth-order valence-electron chi connectivity index (χ4n) is 5.42. The number of fused-ring (bicyclic) bond motifs is 1. The van der Waals surface area contributed by atoms with E-state index in [1.807, 2.05) is 6.07 Å². The van der Waals surface area contributed by atoms with Crippen molar-refractivity contribution in [2.24, 2.45) is 5.41 Å². The number of carbonyl (C=O) groups excluding carboxylic acids is 1. The molecule has 2 aliphatic rings. The van der Waals surface area contributed by atoms with Gasteiger partial charge in [0, 0.05) is 60.4 Å². The first-order valence-electron chi connectivity index (χ1n) is 11.1. The minimum absolute atomic E-state index is 0.183. The van der Waals surface area contributed by atoms with Crippen molar-refractivity contribution in [1.82, 2.24) is 14.9 Å². The lowest BCUT2D eigenvalue weighted by molar-refractivity contribution is -0.148. The number of nitrogens with zero attached hydrogens (tertiary/aromatic N) is 3. The third kappa shape index (κ3) is 3.36. The molecule has 5 heteroatoms. The van der Waals surface area contributed by atoms with Gasteiger partial charge in [-0.2, -0.15) is 0 Å². The lowest BCUT2D eigenvalue weighted by Gasteiger charge is -2.47. The molecule has 4 heterocycles. The summed E-state index contributed by atoms with van der Waals surface area (Å²) in [5.74, 6) is 0.362. The Hall–Kier alpha value is -2.82. The molecule has 3 aromatic rings. The van der Waals surface area contributed by atoms with Gasteiger partial charge >= 0.3 is 0 Å². The van der Waals surface area contributed by atoms with Gasteiger partial charge in [0.1, 0.15) is 0 Å². The SMILES string of the molecule is Cc1cc(N2CCC3(CCCN(Cc4c[nH]c5ccccc45)C3=O)CC2)cc(C)n1. The van der Waals surface area contributed by atoms with Crippen LogP contribution in [-0.4, -0.2) is 40.4 Å². The quantitative estimate of drug-likeness (QED) is 0.697. The molecule has 0 radical (unpaired) electrons. The summed E-state index contributed by atoms with van der Waals surface area (Å²) in [6.07, 6.45) is 6.07. The summed E-state index contributed by atoms with van der Waals surface area (Å²) < 4.78 is 0.